The van der Waals surface area contributed by atoms with E-state index in [1.165, 1.54) is 6.92 Å². The van der Waals surface area contributed by atoms with Crippen LogP contribution < -0.4 is 10.6 Å². The van der Waals surface area contributed by atoms with Gasteiger partial charge in [-0.15, -0.1) is 0 Å². The highest BCUT2D eigenvalue weighted by atomic mass is 35.5. The molecule has 1 aromatic rings. The highest BCUT2D eigenvalue weighted by molar-refractivity contribution is 6.30. The molecule has 1 rings (SSSR count). The molecule has 0 aliphatic carbocycles. The normalized spacial score (nSPS) is 10.5. The van der Waals surface area contributed by atoms with E-state index in [1.807, 2.05) is 14.0 Å². The molecule has 5 nitrogen and oxygen atoms in total. The van der Waals surface area contributed by atoms with Crippen molar-refractivity contribution < 1.29 is 4.79 Å². The second kappa shape index (κ2) is 5.86. The first-order chi connectivity index (χ1) is 7.52. The van der Waals surface area contributed by atoms with Gasteiger partial charge >= 0.3 is 0 Å². The Labute approximate surface area is 100 Å². The molecule has 0 fully saturated rings. The smallest absolute Gasteiger partial charge is 0.216 e. The quantitative estimate of drug-likeness (QED) is 0.746. The second-order valence-corrected chi connectivity index (χ2v) is 4.00. The molecule has 0 atom stereocenters. The Hall–Kier alpha value is -1.07. The summed E-state index contributed by atoms with van der Waals surface area (Å²) in [6.07, 6.45) is 0. The maximum Gasteiger partial charge on any atom is 0.216 e. The van der Waals surface area contributed by atoms with Crippen molar-refractivity contribution in [2.24, 2.45) is 7.05 Å². The highest BCUT2D eigenvalue weighted by Gasteiger charge is 2.09. The van der Waals surface area contributed by atoms with Crippen molar-refractivity contribution in [3.8, 4) is 0 Å². The summed E-state index contributed by atoms with van der Waals surface area (Å²) in [6.45, 7) is 5.42. The Balaban J connectivity index is 2.34. The van der Waals surface area contributed by atoms with E-state index >= 15 is 0 Å². The van der Waals surface area contributed by atoms with Crippen LogP contribution in [0.3, 0.4) is 0 Å². The van der Waals surface area contributed by atoms with Crippen LogP contribution in [0.2, 0.25) is 5.15 Å². The van der Waals surface area contributed by atoms with Crippen LogP contribution in [-0.2, 0) is 18.4 Å². The van der Waals surface area contributed by atoms with Gasteiger partial charge in [-0.3, -0.25) is 9.48 Å². The maximum absolute atomic E-state index is 10.6. The molecule has 0 aromatic carbocycles. The van der Waals surface area contributed by atoms with Gasteiger partial charge in [0.25, 0.3) is 0 Å². The number of carbonyl (C=O) groups is 1. The molecule has 2 N–H and O–H groups in total. The molecule has 0 bridgehead atoms. The van der Waals surface area contributed by atoms with Crippen molar-refractivity contribution in [1.29, 1.82) is 0 Å². The topological polar surface area (TPSA) is 59.0 Å². The van der Waals surface area contributed by atoms with Crippen molar-refractivity contribution in [2.45, 2.75) is 20.4 Å². The zero-order chi connectivity index (χ0) is 12.1. The molecule has 1 amide bonds. The van der Waals surface area contributed by atoms with E-state index in [0.29, 0.717) is 24.8 Å². The monoisotopic (exact) mass is 244 g/mol. The molecule has 1 heterocycles. The van der Waals surface area contributed by atoms with Gasteiger partial charge < -0.3 is 10.6 Å². The summed E-state index contributed by atoms with van der Waals surface area (Å²) in [5.41, 5.74) is 1.94. The number of nitrogens with zero attached hydrogens (tertiary/aromatic N) is 2. The Bertz CT molecular complexity index is 375. The Morgan fingerprint density at radius 2 is 2.19 bits per heavy atom. The third-order valence-corrected chi connectivity index (χ3v) is 2.72. The summed E-state index contributed by atoms with van der Waals surface area (Å²) in [6, 6.07) is 0. The third-order valence-electron chi connectivity index (χ3n) is 2.25. The van der Waals surface area contributed by atoms with Crippen LogP contribution in [0.4, 0.5) is 0 Å². The first kappa shape index (κ1) is 13.0. The number of nitrogens with one attached hydrogen (secondary N) is 2. The molecular formula is C10H17ClN4O. The summed E-state index contributed by atoms with van der Waals surface area (Å²) in [5, 5.41) is 10.8. The Morgan fingerprint density at radius 1 is 1.50 bits per heavy atom. The van der Waals surface area contributed by atoms with Gasteiger partial charge in [0, 0.05) is 39.2 Å². The molecular weight excluding hydrogens is 228 g/mol. The lowest BCUT2D eigenvalue weighted by molar-refractivity contribution is -0.118. The molecule has 0 spiro atoms. The number of hydrogen-bond acceptors (Lipinski definition) is 3. The average molecular weight is 245 g/mol. The number of hydrogen-bond donors (Lipinski definition) is 2. The minimum absolute atomic E-state index is 0.0163. The van der Waals surface area contributed by atoms with Gasteiger partial charge in [0.05, 0.1) is 5.69 Å². The largest absolute Gasteiger partial charge is 0.355 e. The van der Waals surface area contributed by atoms with Crippen LogP contribution >= 0.6 is 11.6 Å². The standard InChI is InChI=1S/C10H17ClN4O/c1-7-9(10(11)15(3)14-7)6-12-4-5-13-8(2)16/h12H,4-6H2,1-3H3,(H,13,16). The third kappa shape index (κ3) is 3.50. The molecule has 16 heavy (non-hydrogen) atoms. The van der Waals surface area contributed by atoms with E-state index in [4.69, 9.17) is 11.6 Å². The molecule has 0 aliphatic heterocycles. The zero-order valence-electron chi connectivity index (χ0n) is 9.80. The fourth-order valence-corrected chi connectivity index (χ4v) is 1.66. The lowest BCUT2D eigenvalue weighted by Gasteiger charge is -2.05. The van der Waals surface area contributed by atoms with Crippen molar-refractivity contribution in [1.82, 2.24) is 20.4 Å². The van der Waals surface area contributed by atoms with Crippen LogP contribution in [0, 0.1) is 6.92 Å². The molecule has 0 saturated heterocycles. The van der Waals surface area contributed by atoms with E-state index in [1.54, 1.807) is 4.68 Å². The predicted molar refractivity (Wildman–Crippen MR) is 63.3 cm³/mol. The Morgan fingerprint density at radius 3 is 2.69 bits per heavy atom. The molecule has 0 radical (unpaired) electrons. The number of rotatable bonds is 5. The molecule has 0 unspecified atom stereocenters. The van der Waals surface area contributed by atoms with Crippen LogP contribution in [0.1, 0.15) is 18.2 Å². The van der Waals surface area contributed by atoms with Crippen LogP contribution in [0.5, 0.6) is 0 Å². The van der Waals surface area contributed by atoms with E-state index in [-0.39, 0.29) is 5.91 Å². The Kier molecular flexibility index (Phi) is 4.76. The molecule has 0 aliphatic rings. The van der Waals surface area contributed by atoms with E-state index in [2.05, 4.69) is 15.7 Å². The van der Waals surface area contributed by atoms with Gasteiger partial charge in [-0.25, -0.2) is 0 Å². The molecule has 90 valence electrons. The van der Waals surface area contributed by atoms with Gasteiger partial charge in [-0.2, -0.15) is 5.10 Å². The summed E-state index contributed by atoms with van der Waals surface area (Å²) < 4.78 is 1.65. The summed E-state index contributed by atoms with van der Waals surface area (Å²) in [5.74, 6) is -0.0163. The first-order valence-electron chi connectivity index (χ1n) is 5.15. The number of halogens is 1. The first-order valence-corrected chi connectivity index (χ1v) is 5.53. The van der Waals surface area contributed by atoms with Crippen LogP contribution in [-0.4, -0.2) is 28.8 Å². The summed E-state index contributed by atoms with van der Waals surface area (Å²) in [4.78, 5) is 10.6. The second-order valence-electron chi connectivity index (χ2n) is 3.64. The number of carbonyl (C=O) groups excluding carboxylic acids is 1. The van der Waals surface area contributed by atoms with Crippen LogP contribution in [0.15, 0.2) is 0 Å². The van der Waals surface area contributed by atoms with Gasteiger partial charge in [0.1, 0.15) is 5.15 Å². The van der Waals surface area contributed by atoms with Gasteiger partial charge in [0.15, 0.2) is 0 Å². The van der Waals surface area contributed by atoms with E-state index < -0.39 is 0 Å². The summed E-state index contributed by atoms with van der Waals surface area (Å²) in [7, 11) is 1.82. The van der Waals surface area contributed by atoms with E-state index in [9.17, 15) is 4.79 Å². The minimum atomic E-state index is -0.0163. The van der Waals surface area contributed by atoms with Gasteiger partial charge in [-0.05, 0) is 6.92 Å². The minimum Gasteiger partial charge on any atom is -0.355 e. The summed E-state index contributed by atoms with van der Waals surface area (Å²) >= 11 is 6.07. The molecule has 1 aromatic heterocycles. The fourth-order valence-electron chi connectivity index (χ4n) is 1.42. The van der Waals surface area contributed by atoms with Gasteiger partial charge in [-0.1, -0.05) is 11.6 Å². The van der Waals surface area contributed by atoms with Crippen molar-refractivity contribution in [2.75, 3.05) is 13.1 Å². The highest BCUT2D eigenvalue weighted by Crippen LogP contribution is 2.17. The number of amides is 1. The zero-order valence-corrected chi connectivity index (χ0v) is 10.6. The lowest BCUT2D eigenvalue weighted by Crippen LogP contribution is -2.30. The van der Waals surface area contributed by atoms with Gasteiger partial charge in [0.2, 0.25) is 5.91 Å². The van der Waals surface area contributed by atoms with Crippen molar-refractivity contribution in [3.63, 3.8) is 0 Å². The average Bonchev–Trinajstić information content (AvgIpc) is 2.43. The SMILES string of the molecule is CC(=O)NCCNCc1c(C)nn(C)c1Cl. The predicted octanol–water partition coefficient (Wildman–Crippen LogP) is 0.608. The lowest BCUT2D eigenvalue weighted by atomic mass is 10.2. The maximum atomic E-state index is 10.6. The molecule has 0 saturated carbocycles. The number of aromatic nitrogens is 2. The van der Waals surface area contributed by atoms with E-state index in [0.717, 1.165) is 11.3 Å². The van der Waals surface area contributed by atoms with Crippen LogP contribution in [0.25, 0.3) is 0 Å². The van der Waals surface area contributed by atoms with Crippen molar-refractivity contribution in [3.05, 3.63) is 16.4 Å². The number of aryl methyl sites for hydroxylation is 2. The van der Waals surface area contributed by atoms with Crippen molar-refractivity contribution >= 4 is 17.5 Å². The molecule has 6 heteroatoms. The fraction of sp³-hybridized carbons (Fsp3) is 0.600.